The highest BCUT2D eigenvalue weighted by molar-refractivity contribution is 5.69. The molecule has 1 unspecified atom stereocenters. The van der Waals surface area contributed by atoms with Gasteiger partial charge >= 0.3 is 0 Å². The minimum atomic E-state index is 0.105. The number of hydrogen-bond acceptors (Lipinski definition) is 5. The van der Waals surface area contributed by atoms with Crippen LogP contribution < -0.4 is 11.1 Å². The number of pyridine rings is 1. The van der Waals surface area contributed by atoms with E-state index < -0.39 is 0 Å². The van der Waals surface area contributed by atoms with Crippen molar-refractivity contribution in [3.05, 3.63) is 36.3 Å². The largest absolute Gasteiger partial charge is 0.395 e. The molecule has 0 amide bonds. The Morgan fingerprint density at radius 1 is 1.56 bits per heavy atom. The molecule has 0 aromatic carbocycles. The molecule has 6 nitrogen and oxygen atoms in total. The van der Waals surface area contributed by atoms with Crippen LogP contribution in [0.15, 0.2) is 30.7 Å². The standard InChI is InChI=1S/C12H14N6/c1-9(8-18-6-2-4-16-18)17-12-11(14)10(7-13)3-5-15-12/h2-6,9H,8,14H2,1H3,(H,15,17). The van der Waals surface area contributed by atoms with E-state index >= 15 is 0 Å². The van der Waals surface area contributed by atoms with Crippen LogP contribution in [0.25, 0.3) is 0 Å². The average Bonchev–Trinajstić information content (AvgIpc) is 2.84. The maximum absolute atomic E-state index is 8.88. The van der Waals surface area contributed by atoms with E-state index in [4.69, 9.17) is 11.0 Å². The second-order valence-electron chi connectivity index (χ2n) is 4.01. The van der Waals surface area contributed by atoms with Crippen molar-refractivity contribution in [2.75, 3.05) is 11.1 Å². The summed E-state index contributed by atoms with van der Waals surface area (Å²) in [4.78, 5) is 4.14. The molecule has 0 fully saturated rings. The highest BCUT2D eigenvalue weighted by Gasteiger charge is 2.09. The van der Waals surface area contributed by atoms with Crippen molar-refractivity contribution < 1.29 is 0 Å². The van der Waals surface area contributed by atoms with Crippen LogP contribution in [0.5, 0.6) is 0 Å². The van der Waals surface area contributed by atoms with Gasteiger partial charge in [0, 0.05) is 24.6 Å². The Hall–Kier alpha value is -2.55. The number of anilines is 2. The molecule has 2 heterocycles. The van der Waals surface area contributed by atoms with Gasteiger partial charge in [-0.05, 0) is 19.1 Å². The number of nitrogens with two attached hydrogens (primary N) is 1. The second kappa shape index (κ2) is 5.19. The van der Waals surface area contributed by atoms with Crippen molar-refractivity contribution in [1.82, 2.24) is 14.8 Å². The van der Waals surface area contributed by atoms with Crippen LogP contribution in [0.1, 0.15) is 12.5 Å². The van der Waals surface area contributed by atoms with Crippen LogP contribution in [0.3, 0.4) is 0 Å². The van der Waals surface area contributed by atoms with E-state index in [0.717, 1.165) is 0 Å². The van der Waals surface area contributed by atoms with E-state index in [1.165, 1.54) is 0 Å². The van der Waals surface area contributed by atoms with Crippen LogP contribution in [0.2, 0.25) is 0 Å². The van der Waals surface area contributed by atoms with Crippen molar-refractivity contribution in [3.63, 3.8) is 0 Å². The molecule has 2 aromatic heterocycles. The zero-order valence-electron chi connectivity index (χ0n) is 10.0. The Kier molecular flexibility index (Phi) is 3.44. The molecule has 0 aliphatic rings. The lowest BCUT2D eigenvalue weighted by Crippen LogP contribution is -2.23. The van der Waals surface area contributed by atoms with Crippen LogP contribution in [0.4, 0.5) is 11.5 Å². The number of nitriles is 1. The molecule has 1 atom stereocenters. The molecular formula is C12H14N6. The van der Waals surface area contributed by atoms with Gasteiger partial charge in [0.25, 0.3) is 0 Å². The SMILES string of the molecule is CC(Cn1cccn1)Nc1nccc(C#N)c1N. The molecular weight excluding hydrogens is 228 g/mol. The molecule has 0 radical (unpaired) electrons. The van der Waals surface area contributed by atoms with Crippen LogP contribution >= 0.6 is 0 Å². The Labute approximate surface area is 105 Å². The van der Waals surface area contributed by atoms with Crippen molar-refractivity contribution in [2.24, 2.45) is 0 Å². The molecule has 92 valence electrons. The summed E-state index contributed by atoms with van der Waals surface area (Å²) in [7, 11) is 0. The molecule has 0 bridgehead atoms. The number of hydrogen-bond donors (Lipinski definition) is 2. The summed E-state index contributed by atoms with van der Waals surface area (Å²) in [6.07, 6.45) is 5.19. The van der Waals surface area contributed by atoms with Gasteiger partial charge in [0.1, 0.15) is 6.07 Å². The summed E-state index contributed by atoms with van der Waals surface area (Å²) in [6.45, 7) is 2.70. The van der Waals surface area contributed by atoms with Crippen molar-refractivity contribution in [1.29, 1.82) is 5.26 Å². The van der Waals surface area contributed by atoms with Gasteiger partial charge in [-0.2, -0.15) is 10.4 Å². The lowest BCUT2D eigenvalue weighted by atomic mass is 10.2. The second-order valence-corrected chi connectivity index (χ2v) is 4.01. The zero-order chi connectivity index (χ0) is 13.0. The summed E-state index contributed by atoms with van der Waals surface area (Å²) in [5.41, 5.74) is 6.66. The maximum Gasteiger partial charge on any atom is 0.150 e. The highest BCUT2D eigenvalue weighted by Crippen LogP contribution is 2.19. The Bertz CT molecular complexity index is 554. The van der Waals surface area contributed by atoms with Gasteiger partial charge in [-0.15, -0.1) is 0 Å². The molecule has 2 rings (SSSR count). The maximum atomic E-state index is 8.88. The average molecular weight is 242 g/mol. The molecule has 0 aliphatic carbocycles. The van der Waals surface area contributed by atoms with Crippen LogP contribution in [-0.2, 0) is 6.54 Å². The van der Waals surface area contributed by atoms with Gasteiger partial charge in [0.05, 0.1) is 17.8 Å². The van der Waals surface area contributed by atoms with E-state index in [1.807, 2.05) is 29.9 Å². The summed E-state index contributed by atoms with van der Waals surface area (Å²) in [5.74, 6) is 0.536. The molecule has 2 aromatic rings. The third-order valence-electron chi connectivity index (χ3n) is 2.51. The smallest absolute Gasteiger partial charge is 0.150 e. The van der Waals surface area contributed by atoms with Crippen molar-refractivity contribution in [2.45, 2.75) is 19.5 Å². The normalized spacial score (nSPS) is 11.8. The van der Waals surface area contributed by atoms with Crippen molar-refractivity contribution >= 4 is 11.5 Å². The summed E-state index contributed by atoms with van der Waals surface area (Å²) < 4.78 is 1.82. The Morgan fingerprint density at radius 3 is 3.06 bits per heavy atom. The van der Waals surface area contributed by atoms with Gasteiger partial charge in [-0.3, -0.25) is 4.68 Å². The van der Waals surface area contributed by atoms with Gasteiger partial charge in [-0.25, -0.2) is 4.98 Å². The van der Waals surface area contributed by atoms with E-state index in [0.29, 0.717) is 23.6 Å². The van der Waals surface area contributed by atoms with Crippen molar-refractivity contribution in [3.8, 4) is 6.07 Å². The first kappa shape index (κ1) is 11.9. The lowest BCUT2D eigenvalue weighted by Gasteiger charge is -2.16. The number of nitrogens with one attached hydrogen (secondary N) is 1. The topological polar surface area (TPSA) is 92.5 Å². The number of nitrogen functional groups attached to an aromatic ring is 1. The minimum Gasteiger partial charge on any atom is -0.395 e. The molecule has 0 saturated heterocycles. The number of aromatic nitrogens is 3. The fourth-order valence-corrected chi connectivity index (χ4v) is 1.65. The van der Waals surface area contributed by atoms with Crippen LogP contribution in [0, 0.1) is 11.3 Å². The zero-order valence-corrected chi connectivity index (χ0v) is 10.0. The fraction of sp³-hybridized carbons (Fsp3) is 0.250. The van der Waals surface area contributed by atoms with Gasteiger partial charge in [0.15, 0.2) is 5.82 Å². The van der Waals surface area contributed by atoms with Gasteiger partial charge in [0.2, 0.25) is 0 Å². The fourth-order valence-electron chi connectivity index (χ4n) is 1.65. The van der Waals surface area contributed by atoms with E-state index in [-0.39, 0.29) is 6.04 Å². The quantitative estimate of drug-likeness (QED) is 0.841. The highest BCUT2D eigenvalue weighted by atomic mass is 15.3. The van der Waals surface area contributed by atoms with Crippen LogP contribution in [-0.4, -0.2) is 20.8 Å². The number of rotatable bonds is 4. The molecule has 0 spiro atoms. The Morgan fingerprint density at radius 2 is 2.39 bits per heavy atom. The summed E-state index contributed by atoms with van der Waals surface area (Å²) >= 11 is 0. The third kappa shape index (κ3) is 2.58. The molecule has 18 heavy (non-hydrogen) atoms. The predicted octanol–water partition coefficient (Wildman–Crippen LogP) is 1.23. The molecule has 0 aliphatic heterocycles. The van der Waals surface area contributed by atoms with Gasteiger partial charge in [-0.1, -0.05) is 0 Å². The third-order valence-corrected chi connectivity index (χ3v) is 2.51. The summed E-state index contributed by atoms with van der Waals surface area (Å²) in [5, 5.41) is 16.2. The first-order valence-electron chi connectivity index (χ1n) is 5.59. The van der Waals surface area contributed by atoms with E-state index in [1.54, 1.807) is 18.5 Å². The van der Waals surface area contributed by atoms with E-state index in [2.05, 4.69) is 15.4 Å². The predicted molar refractivity (Wildman–Crippen MR) is 68.7 cm³/mol. The minimum absolute atomic E-state index is 0.105. The molecule has 6 heteroatoms. The van der Waals surface area contributed by atoms with Gasteiger partial charge < -0.3 is 11.1 Å². The molecule has 3 N–H and O–H groups in total. The first-order chi connectivity index (χ1) is 8.70. The number of nitrogens with zero attached hydrogens (tertiary/aromatic N) is 4. The van der Waals surface area contributed by atoms with E-state index in [9.17, 15) is 0 Å². The summed E-state index contributed by atoms with van der Waals surface area (Å²) in [6, 6.07) is 5.60. The Balaban J connectivity index is 2.08. The monoisotopic (exact) mass is 242 g/mol. The lowest BCUT2D eigenvalue weighted by molar-refractivity contribution is 0.560. The first-order valence-corrected chi connectivity index (χ1v) is 5.59. The molecule has 0 saturated carbocycles.